The summed E-state index contributed by atoms with van der Waals surface area (Å²) in [5, 5.41) is 12.1. The number of aromatic carboxylic acids is 1. The number of anilines is 1. The molecule has 2 heterocycles. The number of carbonyl (C=O) groups is 1. The van der Waals surface area contributed by atoms with Crippen LogP contribution in [0, 0.1) is 0 Å². The van der Waals surface area contributed by atoms with Crippen LogP contribution in [0.1, 0.15) is 16.1 Å². The monoisotopic (exact) mass is 315 g/mol. The first-order valence-electron chi connectivity index (χ1n) is 6.17. The van der Waals surface area contributed by atoms with E-state index in [9.17, 15) is 18.0 Å². The number of hydrogen-bond donors (Lipinski definition) is 2. The predicted molar refractivity (Wildman–Crippen MR) is 71.9 cm³/mol. The van der Waals surface area contributed by atoms with Gasteiger partial charge in [-0.25, -0.2) is 14.8 Å². The zero-order chi connectivity index (χ0) is 16.3. The zero-order valence-electron chi connectivity index (χ0n) is 11.4. The van der Waals surface area contributed by atoms with Gasteiger partial charge in [0.15, 0.2) is 11.3 Å². The molecule has 0 atom stereocenters. The number of carboxylic acid groups (broad SMARTS) is 1. The molecule has 0 aliphatic carbocycles. The van der Waals surface area contributed by atoms with Crippen molar-refractivity contribution in [3.05, 3.63) is 29.6 Å². The van der Waals surface area contributed by atoms with E-state index in [0.717, 1.165) is 6.07 Å². The Labute approximate surface area is 122 Å². The molecule has 0 radical (unpaired) electrons. The maximum Gasteiger partial charge on any atom is 0.434 e. The molecule has 0 amide bonds. The first kappa shape index (κ1) is 16.0. The highest BCUT2D eigenvalue weighted by atomic mass is 19.4. The fourth-order valence-corrected chi connectivity index (χ4v) is 1.84. The van der Waals surface area contributed by atoms with E-state index >= 15 is 0 Å². The van der Waals surface area contributed by atoms with E-state index in [1.165, 1.54) is 19.4 Å². The van der Waals surface area contributed by atoms with Gasteiger partial charge in [-0.15, -0.1) is 0 Å². The maximum atomic E-state index is 12.8. The standard InChI is InChI=1S/C13H12F3N3O3/c1-22-3-2-17-8-4-7-5-9(12(20)21)10(13(14,15)16)19-11(7)18-6-8/h4-6,17H,2-3H2,1H3,(H,20,21). The van der Waals surface area contributed by atoms with Crippen molar-refractivity contribution in [3.63, 3.8) is 0 Å². The van der Waals surface area contributed by atoms with Gasteiger partial charge in [-0.05, 0) is 12.1 Å². The molecule has 22 heavy (non-hydrogen) atoms. The molecule has 118 valence electrons. The average molecular weight is 315 g/mol. The maximum absolute atomic E-state index is 12.8. The quantitative estimate of drug-likeness (QED) is 0.824. The Morgan fingerprint density at radius 2 is 2.14 bits per heavy atom. The number of fused-ring (bicyclic) bond motifs is 1. The summed E-state index contributed by atoms with van der Waals surface area (Å²) < 4.78 is 43.4. The van der Waals surface area contributed by atoms with Crippen LogP contribution in [0.5, 0.6) is 0 Å². The first-order chi connectivity index (χ1) is 10.3. The Bertz CT molecular complexity index is 704. The summed E-state index contributed by atoms with van der Waals surface area (Å²) in [5.41, 5.74) is -2.01. The van der Waals surface area contributed by atoms with Crippen LogP contribution < -0.4 is 5.32 Å². The largest absolute Gasteiger partial charge is 0.478 e. The van der Waals surface area contributed by atoms with Crippen LogP contribution >= 0.6 is 0 Å². The lowest BCUT2D eigenvalue weighted by molar-refractivity contribution is -0.141. The van der Waals surface area contributed by atoms with Crippen molar-refractivity contribution in [1.82, 2.24) is 9.97 Å². The molecule has 9 heteroatoms. The van der Waals surface area contributed by atoms with Gasteiger partial charge in [0.25, 0.3) is 0 Å². The van der Waals surface area contributed by atoms with E-state index in [1.54, 1.807) is 0 Å². The minimum atomic E-state index is -4.86. The number of halogens is 3. The van der Waals surface area contributed by atoms with Crippen LogP contribution in [0.2, 0.25) is 0 Å². The van der Waals surface area contributed by atoms with Crippen molar-refractivity contribution in [1.29, 1.82) is 0 Å². The predicted octanol–water partition coefficient (Wildman–Crippen LogP) is 2.41. The molecule has 2 rings (SSSR count). The van der Waals surface area contributed by atoms with Gasteiger partial charge in [-0.2, -0.15) is 13.2 Å². The second-order valence-corrected chi connectivity index (χ2v) is 4.38. The summed E-state index contributed by atoms with van der Waals surface area (Å²) in [6.07, 6.45) is -3.54. The minimum Gasteiger partial charge on any atom is -0.478 e. The molecular formula is C13H12F3N3O3. The average Bonchev–Trinajstić information content (AvgIpc) is 2.45. The summed E-state index contributed by atoms with van der Waals surface area (Å²) in [7, 11) is 1.53. The van der Waals surface area contributed by atoms with Crippen LogP contribution in [-0.4, -0.2) is 41.3 Å². The molecule has 0 spiro atoms. The van der Waals surface area contributed by atoms with Crippen LogP contribution in [0.25, 0.3) is 11.0 Å². The third-order valence-electron chi connectivity index (χ3n) is 2.80. The minimum absolute atomic E-state index is 0.172. The van der Waals surface area contributed by atoms with E-state index in [0.29, 0.717) is 18.8 Å². The highest BCUT2D eigenvalue weighted by Crippen LogP contribution is 2.32. The SMILES string of the molecule is COCCNc1cnc2nc(C(F)(F)F)c(C(=O)O)cc2c1. The van der Waals surface area contributed by atoms with Crippen LogP contribution in [0.3, 0.4) is 0 Å². The Morgan fingerprint density at radius 3 is 2.73 bits per heavy atom. The van der Waals surface area contributed by atoms with E-state index in [1.807, 2.05) is 0 Å². The van der Waals surface area contributed by atoms with E-state index in [4.69, 9.17) is 9.84 Å². The number of pyridine rings is 2. The van der Waals surface area contributed by atoms with Crippen molar-refractivity contribution in [2.24, 2.45) is 0 Å². The second kappa shape index (κ2) is 6.14. The van der Waals surface area contributed by atoms with Crippen LogP contribution in [0.4, 0.5) is 18.9 Å². The number of nitrogens with zero attached hydrogens (tertiary/aromatic N) is 2. The molecule has 0 unspecified atom stereocenters. The molecule has 0 fully saturated rings. The summed E-state index contributed by atoms with van der Waals surface area (Å²) in [6.45, 7) is 0.910. The molecule has 2 aromatic heterocycles. The molecule has 0 saturated carbocycles. The zero-order valence-corrected chi connectivity index (χ0v) is 11.4. The fourth-order valence-electron chi connectivity index (χ4n) is 1.84. The van der Waals surface area contributed by atoms with Gasteiger partial charge in [0.2, 0.25) is 0 Å². The third-order valence-corrected chi connectivity index (χ3v) is 2.80. The number of carboxylic acids is 1. The Hall–Kier alpha value is -2.42. The molecule has 0 bridgehead atoms. The smallest absolute Gasteiger partial charge is 0.434 e. The lowest BCUT2D eigenvalue weighted by Gasteiger charge is -2.11. The summed E-state index contributed by atoms with van der Waals surface area (Å²) in [4.78, 5) is 18.2. The molecular weight excluding hydrogens is 303 g/mol. The lowest BCUT2D eigenvalue weighted by Crippen LogP contribution is -2.16. The van der Waals surface area contributed by atoms with Gasteiger partial charge in [0.05, 0.1) is 24.1 Å². The van der Waals surface area contributed by atoms with Crippen molar-refractivity contribution in [2.75, 3.05) is 25.6 Å². The van der Waals surface area contributed by atoms with Gasteiger partial charge in [-0.3, -0.25) is 0 Å². The van der Waals surface area contributed by atoms with Crippen LogP contribution in [0.15, 0.2) is 18.3 Å². The van der Waals surface area contributed by atoms with Crippen molar-refractivity contribution < 1.29 is 27.8 Å². The fraction of sp³-hybridized carbons (Fsp3) is 0.308. The number of hydrogen-bond acceptors (Lipinski definition) is 5. The second-order valence-electron chi connectivity index (χ2n) is 4.38. The van der Waals surface area contributed by atoms with Crippen molar-refractivity contribution >= 4 is 22.7 Å². The van der Waals surface area contributed by atoms with Gasteiger partial charge in [-0.1, -0.05) is 0 Å². The summed E-state index contributed by atoms with van der Waals surface area (Å²) >= 11 is 0. The topological polar surface area (TPSA) is 84.3 Å². The van der Waals surface area contributed by atoms with Gasteiger partial charge < -0.3 is 15.2 Å². The molecule has 0 aliphatic heterocycles. The number of rotatable bonds is 5. The van der Waals surface area contributed by atoms with Crippen molar-refractivity contribution in [2.45, 2.75) is 6.18 Å². The number of methoxy groups -OCH3 is 1. The Kier molecular flexibility index (Phi) is 4.45. The lowest BCUT2D eigenvalue weighted by atomic mass is 10.1. The first-order valence-corrected chi connectivity index (χ1v) is 6.17. The Morgan fingerprint density at radius 1 is 1.41 bits per heavy atom. The third kappa shape index (κ3) is 3.42. The normalized spacial score (nSPS) is 11.6. The van der Waals surface area contributed by atoms with E-state index in [2.05, 4.69) is 15.3 Å². The molecule has 0 saturated heterocycles. The highest BCUT2D eigenvalue weighted by molar-refractivity contribution is 5.94. The molecule has 2 N–H and O–H groups in total. The number of ether oxygens (including phenoxy) is 1. The number of nitrogens with one attached hydrogen (secondary N) is 1. The van der Waals surface area contributed by atoms with E-state index in [-0.39, 0.29) is 11.0 Å². The van der Waals surface area contributed by atoms with Gasteiger partial charge >= 0.3 is 12.1 Å². The number of aromatic nitrogens is 2. The molecule has 6 nitrogen and oxygen atoms in total. The summed E-state index contributed by atoms with van der Waals surface area (Å²) in [5.74, 6) is -1.69. The Balaban J connectivity index is 2.48. The van der Waals surface area contributed by atoms with Crippen molar-refractivity contribution in [3.8, 4) is 0 Å². The molecule has 0 aliphatic rings. The molecule has 2 aromatic rings. The number of alkyl halides is 3. The van der Waals surface area contributed by atoms with Gasteiger partial charge in [0, 0.05) is 19.0 Å². The van der Waals surface area contributed by atoms with Crippen LogP contribution in [-0.2, 0) is 10.9 Å². The summed E-state index contributed by atoms with van der Waals surface area (Å²) in [6, 6.07) is 2.40. The van der Waals surface area contributed by atoms with Gasteiger partial charge in [0.1, 0.15) is 0 Å². The van der Waals surface area contributed by atoms with E-state index < -0.39 is 23.4 Å². The molecule has 0 aromatic carbocycles. The highest BCUT2D eigenvalue weighted by Gasteiger charge is 2.38.